The van der Waals surface area contributed by atoms with E-state index in [1.54, 1.807) is 11.6 Å². The van der Waals surface area contributed by atoms with Gasteiger partial charge in [0.2, 0.25) is 0 Å². The largest absolute Gasteiger partial charge is 0.481 e. The van der Waals surface area contributed by atoms with Crippen molar-refractivity contribution < 1.29 is 14.7 Å². The van der Waals surface area contributed by atoms with E-state index in [4.69, 9.17) is 5.11 Å². The van der Waals surface area contributed by atoms with Gasteiger partial charge < -0.3 is 10.4 Å². The Morgan fingerprint density at radius 2 is 2.00 bits per heavy atom. The number of benzene rings is 1. The normalized spacial score (nSPS) is 13.5. The molecule has 1 aromatic heterocycles. The first-order valence-corrected chi connectivity index (χ1v) is 8.30. The number of hydrogen-bond acceptors (Lipinski definition) is 3. The molecule has 0 fully saturated rings. The number of rotatable bonds is 6. The number of carbonyl (C=O) groups is 2. The molecule has 0 aliphatic rings. The molecule has 0 saturated carbocycles. The molecule has 0 aliphatic heterocycles. The predicted molar refractivity (Wildman–Crippen MR) is 96.0 cm³/mol. The van der Waals surface area contributed by atoms with Gasteiger partial charge in [-0.1, -0.05) is 26.0 Å². The van der Waals surface area contributed by atoms with E-state index in [1.807, 2.05) is 52.0 Å². The van der Waals surface area contributed by atoms with Gasteiger partial charge in [-0.25, -0.2) is 4.68 Å². The van der Waals surface area contributed by atoms with Crippen molar-refractivity contribution in [3.05, 3.63) is 47.3 Å². The molecule has 1 heterocycles. The number of carboxylic acids is 1. The van der Waals surface area contributed by atoms with Crippen molar-refractivity contribution in [1.82, 2.24) is 15.1 Å². The number of carboxylic acid groups (broad SMARTS) is 1. The summed E-state index contributed by atoms with van der Waals surface area (Å²) in [5.41, 5.74) is 2.31. The molecule has 0 saturated heterocycles. The van der Waals surface area contributed by atoms with Crippen molar-refractivity contribution >= 4 is 11.9 Å². The predicted octanol–water partition coefficient (Wildman–Crippen LogP) is 3.11. The van der Waals surface area contributed by atoms with Crippen LogP contribution in [0.15, 0.2) is 30.5 Å². The molecule has 2 rings (SSSR count). The summed E-state index contributed by atoms with van der Waals surface area (Å²) in [5, 5.41) is 16.4. The molecule has 6 heteroatoms. The molecule has 6 nitrogen and oxygen atoms in total. The molecule has 1 aromatic carbocycles. The molecule has 2 N–H and O–H groups in total. The van der Waals surface area contributed by atoms with Crippen LogP contribution >= 0.6 is 0 Å². The Balaban J connectivity index is 2.30. The number of nitrogens with one attached hydrogen (secondary N) is 1. The third-order valence-electron chi connectivity index (χ3n) is 4.69. The number of aryl methyl sites for hydroxylation is 1. The minimum absolute atomic E-state index is 0.0281. The smallest absolute Gasteiger partial charge is 0.305 e. The fourth-order valence-corrected chi connectivity index (χ4v) is 2.69. The van der Waals surface area contributed by atoms with Gasteiger partial charge in [0.25, 0.3) is 5.91 Å². The van der Waals surface area contributed by atoms with Crippen LogP contribution < -0.4 is 5.32 Å². The van der Waals surface area contributed by atoms with Crippen molar-refractivity contribution in [3.8, 4) is 5.69 Å². The molecule has 1 unspecified atom stereocenters. The van der Waals surface area contributed by atoms with Crippen LogP contribution in [0.2, 0.25) is 0 Å². The van der Waals surface area contributed by atoms with Crippen LogP contribution in [0.4, 0.5) is 0 Å². The van der Waals surface area contributed by atoms with Crippen LogP contribution in [-0.2, 0) is 4.79 Å². The Bertz CT molecular complexity index is 795. The van der Waals surface area contributed by atoms with Gasteiger partial charge >= 0.3 is 5.97 Å². The summed E-state index contributed by atoms with van der Waals surface area (Å²) >= 11 is 0. The lowest BCUT2D eigenvalue weighted by Gasteiger charge is -2.33. The molecule has 25 heavy (non-hydrogen) atoms. The van der Waals surface area contributed by atoms with Crippen molar-refractivity contribution in [1.29, 1.82) is 0 Å². The van der Waals surface area contributed by atoms with Gasteiger partial charge in [0, 0.05) is 0 Å². The van der Waals surface area contributed by atoms with Gasteiger partial charge in [0.15, 0.2) is 0 Å². The third-order valence-corrected chi connectivity index (χ3v) is 4.69. The molecule has 134 valence electrons. The maximum absolute atomic E-state index is 12.7. The van der Waals surface area contributed by atoms with Gasteiger partial charge in [0.1, 0.15) is 0 Å². The summed E-state index contributed by atoms with van der Waals surface area (Å²) in [6.45, 7) is 9.37. The van der Waals surface area contributed by atoms with Gasteiger partial charge in [-0.05, 0) is 44.4 Å². The zero-order chi connectivity index (χ0) is 18.8. The minimum Gasteiger partial charge on any atom is -0.481 e. The molecule has 0 aliphatic carbocycles. The zero-order valence-electron chi connectivity index (χ0n) is 15.3. The first-order valence-electron chi connectivity index (χ1n) is 8.30. The zero-order valence-corrected chi connectivity index (χ0v) is 15.3. The van der Waals surface area contributed by atoms with Gasteiger partial charge in [-0.15, -0.1) is 0 Å². The maximum atomic E-state index is 12.7. The lowest BCUT2D eigenvalue weighted by atomic mass is 9.85. The van der Waals surface area contributed by atoms with Crippen LogP contribution in [0.3, 0.4) is 0 Å². The number of aliphatic carboxylic acids is 1. The highest BCUT2D eigenvalue weighted by molar-refractivity contribution is 5.96. The quantitative estimate of drug-likeness (QED) is 0.844. The van der Waals surface area contributed by atoms with Crippen LogP contribution in [-0.4, -0.2) is 32.3 Å². The van der Waals surface area contributed by atoms with E-state index in [9.17, 15) is 9.59 Å². The molecular weight excluding hydrogens is 318 g/mol. The molecule has 2 aromatic rings. The number of nitrogens with zero attached hydrogens (tertiary/aromatic N) is 2. The molecule has 0 spiro atoms. The second kappa shape index (κ2) is 7.09. The van der Waals surface area contributed by atoms with Crippen molar-refractivity contribution in [2.24, 2.45) is 5.92 Å². The molecular formula is C19H25N3O3. The molecule has 1 amide bonds. The molecule has 0 bridgehead atoms. The Morgan fingerprint density at radius 1 is 1.32 bits per heavy atom. The first kappa shape index (κ1) is 18.7. The summed E-state index contributed by atoms with van der Waals surface area (Å²) in [6.07, 6.45) is 1.38. The first-order chi connectivity index (χ1) is 11.6. The summed E-state index contributed by atoms with van der Waals surface area (Å²) in [4.78, 5) is 23.9. The molecule has 0 radical (unpaired) electrons. The van der Waals surface area contributed by atoms with Crippen LogP contribution in [0.25, 0.3) is 5.69 Å². The third kappa shape index (κ3) is 4.07. The highest BCUT2D eigenvalue weighted by atomic mass is 16.4. The standard InChI is InChI=1S/C19H25N3O3/c1-12(2)19(5,10-17(23)24)21-18(25)16-11-20-22(14(16)4)15-8-6-7-13(3)9-15/h6-9,11-12H,10H2,1-5H3,(H,21,25)(H,23,24). The average Bonchev–Trinajstić information content (AvgIpc) is 2.88. The SMILES string of the molecule is Cc1cccc(-n2ncc(C(=O)NC(C)(CC(=O)O)C(C)C)c2C)c1. The Labute approximate surface area is 147 Å². The van der Waals surface area contributed by atoms with Crippen LogP contribution in [0, 0.1) is 19.8 Å². The fraction of sp³-hybridized carbons (Fsp3) is 0.421. The van der Waals surface area contributed by atoms with E-state index in [0.29, 0.717) is 11.3 Å². The summed E-state index contributed by atoms with van der Waals surface area (Å²) < 4.78 is 1.71. The number of aromatic nitrogens is 2. The monoisotopic (exact) mass is 343 g/mol. The number of amides is 1. The van der Waals surface area contributed by atoms with E-state index in [1.165, 1.54) is 6.20 Å². The minimum atomic E-state index is -0.941. The second-order valence-corrected chi connectivity index (χ2v) is 6.99. The van der Waals surface area contributed by atoms with E-state index >= 15 is 0 Å². The average molecular weight is 343 g/mol. The van der Waals surface area contributed by atoms with Crippen molar-refractivity contribution in [2.75, 3.05) is 0 Å². The second-order valence-electron chi connectivity index (χ2n) is 6.99. The van der Waals surface area contributed by atoms with Crippen LogP contribution in [0.1, 0.15) is 48.8 Å². The fourth-order valence-electron chi connectivity index (χ4n) is 2.69. The topological polar surface area (TPSA) is 84.2 Å². The summed E-state index contributed by atoms with van der Waals surface area (Å²) in [5.74, 6) is -1.28. The Kier molecular flexibility index (Phi) is 5.30. The summed E-state index contributed by atoms with van der Waals surface area (Å²) in [6, 6.07) is 7.85. The van der Waals surface area contributed by atoms with E-state index in [0.717, 1.165) is 11.3 Å². The number of hydrogen-bond donors (Lipinski definition) is 2. The van der Waals surface area contributed by atoms with E-state index < -0.39 is 11.5 Å². The highest BCUT2D eigenvalue weighted by Gasteiger charge is 2.33. The van der Waals surface area contributed by atoms with Gasteiger partial charge in [0.05, 0.1) is 35.1 Å². The van der Waals surface area contributed by atoms with Crippen LogP contribution in [0.5, 0.6) is 0 Å². The maximum Gasteiger partial charge on any atom is 0.305 e. The van der Waals surface area contributed by atoms with Gasteiger partial charge in [-0.3, -0.25) is 9.59 Å². The number of carbonyl (C=O) groups excluding carboxylic acids is 1. The highest BCUT2D eigenvalue weighted by Crippen LogP contribution is 2.23. The van der Waals surface area contributed by atoms with Crippen molar-refractivity contribution in [2.45, 2.75) is 46.6 Å². The van der Waals surface area contributed by atoms with Gasteiger partial charge in [-0.2, -0.15) is 5.10 Å². The summed E-state index contributed by atoms with van der Waals surface area (Å²) in [7, 11) is 0. The van der Waals surface area contributed by atoms with Crippen molar-refractivity contribution in [3.63, 3.8) is 0 Å². The Hall–Kier alpha value is -2.63. The van der Waals surface area contributed by atoms with E-state index in [2.05, 4.69) is 10.4 Å². The Morgan fingerprint density at radius 3 is 2.56 bits per heavy atom. The molecule has 1 atom stereocenters. The lowest BCUT2D eigenvalue weighted by Crippen LogP contribution is -2.51. The van der Waals surface area contributed by atoms with E-state index in [-0.39, 0.29) is 18.2 Å². The lowest BCUT2D eigenvalue weighted by molar-refractivity contribution is -0.138.